The zero-order valence-electron chi connectivity index (χ0n) is 18.0. The first-order valence-corrected chi connectivity index (χ1v) is 10.4. The van der Waals surface area contributed by atoms with Crippen molar-refractivity contribution >= 4 is 23.5 Å². The number of fused-ring (bicyclic) bond motifs is 1. The third-order valence-electron chi connectivity index (χ3n) is 5.79. The highest BCUT2D eigenvalue weighted by atomic mass is 16.5. The van der Waals surface area contributed by atoms with Crippen LogP contribution in [0.5, 0.6) is 11.5 Å². The van der Waals surface area contributed by atoms with E-state index in [0.717, 1.165) is 11.3 Å². The number of amides is 4. The molecule has 2 aromatic rings. The lowest BCUT2D eigenvalue weighted by Crippen LogP contribution is -2.70. The maximum atomic E-state index is 13.0. The number of nitrogens with zero attached hydrogens (tertiary/aromatic N) is 2. The maximum absolute atomic E-state index is 13.0. The van der Waals surface area contributed by atoms with Crippen LogP contribution in [0.3, 0.4) is 0 Å². The van der Waals surface area contributed by atoms with Crippen LogP contribution in [0.25, 0.3) is 0 Å². The molecule has 2 atom stereocenters. The lowest BCUT2D eigenvalue weighted by molar-refractivity contribution is -0.152. The highest BCUT2D eigenvalue weighted by Crippen LogP contribution is 2.21. The zero-order valence-corrected chi connectivity index (χ0v) is 18.0. The molecule has 4 amide bonds. The van der Waals surface area contributed by atoms with Crippen LogP contribution in [0.15, 0.2) is 48.5 Å². The summed E-state index contributed by atoms with van der Waals surface area (Å²) in [6.45, 7) is 0.796. The Kier molecular flexibility index (Phi) is 6.16. The minimum Gasteiger partial charge on any atom is -0.497 e. The summed E-state index contributed by atoms with van der Waals surface area (Å²) in [5, 5.41) is 5.65. The first kappa shape index (κ1) is 21.5. The van der Waals surface area contributed by atoms with Gasteiger partial charge in [-0.25, -0.2) is 4.79 Å². The minimum absolute atomic E-state index is 0.127. The summed E-state index contributed by atoms with van der Waals surface area (Å²) in [6.07, 6.45) is 0.401. The first-order chi connectivity index (χ1) is 15.5. The average molecular weight is 438 g/mol. The number of ether oxygens (including phenoxy) is 2. The van der Waals surface area contributed by atoms with Crippen LogP contribution in [0.2, 0.25) is 0 Å². The molecule has 2 N–H and O–H groups in total. The van der Waals surface area contributed by atoms with Gasteiger partial charge in [-0.1, -0.05) is 18.2 Å². The Morgan fingerprint density at radius 3 is 2.53 bits per heavy atom. The lowest BCUT2D eigenvalue weighted by atomic mass is 9.98. The number of hydrogen-bond donors (Lipinski definition) is 2. The van der Waals surface area contributed by atoms with Crippen LogP contribution in [-0.4, -0.2) is 73.6 Å². The summed E-state index contributed by atoms with van der Waals surface area (Å²) in [7, 11) is 3.15. The quantitative estimate of drug-likeness (QED) is 0.737. The van der Waals surface area contributed by atoms with E-state index in [1.165, 1.54) is 0 Å². The molecule has 2 fully saturated rings. The van der Waals surface area contributed by atoms with E-state index < -0.39 is 12.1 Å². The van der Waals surface area contributed by atoms with Crippen LogP contribution in [0.4, 0.5) is 10.5 Å². The van der Waals surface area contributed by atoms with Gasteiger partial charge in [0.2, 0.25) is 11.8 Å². The highest BCUT2D eigenvalue weighted by Gasteiger charge is 2.44. The molecule has 4 rings (SSSR count). The second-order valence-electron chi connectivity index (χ2n) is 7.77. The van der Waals surface area contributed by atoms with E-state index in [0.29, 0.717) is 30.9 Å². The Hall–Kier alpha value is -3.75. The Labute approximate surface area is 186 Å². The number of urea groups is 1. The van der Waals surface area contributed by atoms with Gasteiger partial charge in [-0.3, -0.25) is 9.59 Å². The summed E-state index contributed by atoms with van der Waals surface area (Å²) >= 11 is 0. The Morgan fingerprint density at radius 2 is 1.81 bits per heavy atom. The molecule has 32 heavy (non-hydrogen) atoms. The molecule has 0 aromatic heterocycles. The predicted octanol–water partition coefficient (Wildman–Crippen LogP) is 1.49. The van der Waals surface area contributed by atoms with Gasteiger partial charge in [0.15, 0.2) is 0 Å². The molecule has 168 valence electrons. The van der Waals surface area contributed by atoms with Crippen LogP contribution in [-0.2, 0) is 16.0 Å². The smallest absolute Gasteiger partial charge is 0.321 e. The van der Waals surface area contributed by atoms with Crippen molar-refractivity contribution in [3.05, 3.63) is 54.1 Å². The fraction of sp³-hybridized carbons (Fsp3) is 0.348. The van der Waals surface area contributed by atoms with E-state index in [2.05, 4.69) is 10.6 Å². The summed E-state index contributed by atoms with van der Waals surface area (Å²) in [5.74, 6) is 0.990. The van der Waals surface area contributed by atoms with E-state index in [4.69, 9.17) is 9.47 Å². The van der Waals surface area contributed by atoms with E-state index in [1.54, 1.807) is 48.3 Å². The SMILES string of the molecule is COc1ccc(CC2NC(=O)C3CN(C(=O)Nc4cccc(OC)c4)CCN3C2=O)cc1. The molecule has 2 aliphatic heterocycles. The first-order valence-electron chi connectivity index (χ1n) is 10.4. The van der Waals surface area contributed by atoms with Gasteiger partial charge in [0.1, 0.15) is 23.6 Å². The summed E-state index contributed by atoms with van der Waals surface area (Å²) in [5.41, 5.74) is 1.53. The molecular formula is C23H26N4O5. The molecular weight excluding hydrogens is 412 g/mol. The summed E-state index contributed by atoms with van der Waals surface area (Å²) in [4.78, 5) is 41.7. The summed E-state index contributed by atoms with van der Waals surface area (Å²) in [6, 6.07) is 12.8. The Morgan fingerprint density at radius 1 is 1.06 bits per heavy atom. The van der Waals surface area contributed by atoms with Gasteiger partial charge in [0.25, 0.3) is 0 Å². The van der Waals surface area contributed by atoms with Crippen molar-refractivity contribution in [3.8, 4) is 11.5 Å². The van der Waals surface area contributed by atoms with Gasteiger partial charge < -0.3 is 29.9 Å². The van der Waals surface area contributed by atoms with E-state index in [-0.39, 0.29) is 24.4 Å². The zero-order chi connectivity index (χ0) is 22.7. The monoisotopic (exact) mass is 438 g/mol. The third kappa shape index (κ3) is 4.46. The largest absolute Gasteiger partial charge is 0.497 e. The van der Waals surface area contributed by atoms with E-state index in [9.17, 15) is 14.4 Å². The number of nitrogens with one attached hydrogen (secondary N) is 2. The topological polar surface area (TPSA) is 100 Å². The minimum atomic E-state index is -0.695. The number of hydrogen-bond acceptors (Lipinski definition) is 5. The second-order valence-corrected chi connectivity index (χ2v) is 7.77. The van der Waals surface area contributed by atoms with Crippen molar-refractivity contribution in [2.45, 2.75) is 18.5 Å². The van der Waals surface area contributed by atoms with Crippen LogP contribution < -0.4 is 20.1 Å². The number of carbonyl (C=O) groups excluding carboxylic acids is 3. The van der Waals surface area contributed by atoms with Crippen molar-refractivity contribution in [1.29, 1.82) is 0 Å². The molecule has 2 aliphatic rings. The van der Waals surface area contributed by atoms with Crippen LogP contribution in [0.1, 0.15) is 5.56 Å². The fourth-order valence-corrected chi connectivity index (χ4v) is 4.02. The predicted molar refractivity (Wildman–Crippen MR) is 118 cm³/mol. The van der Waals surface area contributed by atoms with Gasteiger partial charge in [-0.15, -0.1) is 0 Å². The van der Waals surface area contributed by atoms with Gasteiger partial charge in [0.05, 0.1) is 20.8 Å². The Balaban J connectivity index is 1.38. The van der Waals surface area contributed by atoms with Crippen molar-refractivity contribution in [2.75, 3.05) is 39.2 Å². The van der Waals surface area contributed by atoms with Crippen LogP contribution in [0, 0.1) is 0 Å². The van der Waals surface area contributed by atoms with Crippen molar-refractivity contribution in [2.24, 2.45) is 0 Å². The standard InChI is InChI=1S/C23H26N4O5/c1-31-17-8-6-15(7-9-17)12-19-22(29)27-11-10-26(14-20(27)21(28)25-19)23(30)24-16-4-3-5-18(13-16)32-2/h3-9,13,19-20H,10-12,14H2,1-2H3,(H,24,30)(H,25,28). The number of anilines is 1. The van der Waals surface area contributed by atoms with E-state index in [1.807, 2.05) is 24.3 Å². The third-order valence-corrected chi connectivity index (χ3v) is 5.79. The molecule has 9 nitrogen and oxygen atoms in total. The molecule has 9 heteroatoms. The normalized spacial score (nSPS) is 20.3. The molecule has 0 spiro atoms. The molecule has 2 saturated heterocycles. The number of methoxy groups -OCH3 is 2. The van der Waals surface area contributed by atoms with Gasteiger partial charge in [0, 0.05) is 31.3 Å². The number of piperazine rings is 2. The molecule has 2 heterocycles. The molecule has 2 aromatic carbocycles. The molecule has 0 aliphatic carbocycles. The fourth-order valence-electron chi connectivity index (χ4n) is 4.02. The van der Waals surface area contributed by atoms with Crippen molar-refractivity contribution < 1.29 is 23.9 Å². The maximum Gasteiger partial charge on any atom is 0.321 e. The van der Waals surface area contributed by atoms with E-state index >= 15 is 0 Å². The van der Waals surface area contributed by atoms with Crippen molar-refractivity contribution in [3.63, 3.8) is 0 Å². The summed E-state index contributed by atoms with van der Waals surface area (Å²) < 4.78 is 10.3. The van der Waals surface area contributed by atoms with Gasteiger partial charge >= 0.3 is 6.03 Å². The lowest BCUT2D eigenvalue weighted by Gasteiger charge is -2.45. The molecule has 0 bridgehead atoms. The second kappa shape index (κ2) is 9.17. The number of benzene rings is 2. The van der Waals surface area contributed by atoms with Gasteiger partial charge in [-0.05, 0) is 29.8 Å². The van der Waals surface area contributed by atoms with Crippen LogP contribution >= 0.6 is 0 Å². The van der Waals surface area contributed by atoms with Gasteiger partial charge in [-0.2, -0.15) is 0 Å². The molecule has 2 unspecified atom stereocenters. The highest BCUT2D eigenvalue weighted by molar-refractivity contribution is 5.98. The molecule has 0 radical (unpaired) electrons. The number of rotatable bonds is 5. The Bertz CT molecular complexity index is 1010. The average Bonchev–Trinajstić information content (AvgIpc) is 2.82. The number of carbonyl (C=O) groups is 3. The molecule has 0 saturated carbocycles. The van der Waals surface area contributed by atoms with Crippen molar-refractivity contribution in [1.82, 2.24) is 15.1 Å².